The Morgan fingerprint density at radius 1 is 0.370 bits per heavy atom. The molecule has 8 aromatic rings. The number of hydrogen-bond donors (Lipinski definition) is 0. The van der Waals surface area contributed by atoms with Crippen molar-refractivity contribution in [2.45, 2.75) is 19.3 Å². The highest BCUT2D eigenvalue weighted by Gasteiger charge is 2.36. The van der Waals surface area contributed by atoms with Crippen LogP contribution in [-0.2, 0) is 5.41 Å². The molecule has 0 radical (unpaired) electrons. The fourth-order valence-corrected chi connectivity index (χ4v) is 7.63. The average Bonchev–Trinajstić information content (AvgIpc) is 3.56. The van der Waals surface area contributed by atoms with Gasteiger partial charge in [-0.25, -0.2) is 0 Å². The van der Waals surface area contributed by atoms with E-state index in [1.807, 2.05) is 0 Å². The Labute approximate surface area is 270 Å². The summed E-state index contributed by atoms with van der Waals surface area (Å²) < 4.78 is 2.48. The van der Waals surface area contributed by atoms with Crippen molar-refractivity contribution in [3.63, 3.8) is 0 Å². The third-order valence-corrected chi connectivity index (χ3v) is 9.98. The molecule has 0 amide bonds. The van der Waals surface area contributed by atoms with E-state index in [2.05, 4.69) is 182 Å². The highest BCUT2D eigenvalue weighted by atomic mass is 15.0. The molecule has 0 N–H and O–H groups in total. The van der Waals surface area contributed by atoms with Crippen LogP contribution < -0.4 is 0 Å². The van der Waals surface area contributed by atoms with Crippen molar-refractivity contribution in [2.75, 3.05) is 0 Å². The predicted molar refractivity (Wildman–Crippen MR) is 195 cm³/mol. The second kappa shape index (κ2) is 10.2. The lowest BCUT2D eigenvalue weighted by atomic mass is 9.82. The highest BCUT2D eigenvalue weighted by molar-refractivity contribution is 6.11. The standard InChI is InChI=1S/C45H33N/c1-45(2)41-19-11-9-17-37(41)39-29-44-40(28-42(39)45)38-18-10-12-20-43(38)46(44)36-26-34(31-15-7-4-8-16-31)25-35(27-36)33-23-21-32(22-24-33)30-13-5-3-6-14-30/h3-29H,1-2H3. The number of benzene rings is 7. The first-order valence-electron chi connectivity index (χ1n) is 16.1. The Morgan fingerprint density at radius 2 is 0.913 bits per heavy atom. The highest BCUT2D eigenvalue weighted by Crippen LogP contribution is 2.51. The molecule has 1 heterocycles. The van der Waals surface area contributed by atoms with Crippen LogP contribution >= 0.6 is 0 Å². The van der Waals surface area contributed by atoms with Gasteiger partial charge in [-0.05, 0) is 92.0 Å². The van der Waals surface area contributed by atoms with Gasteiger partial charge in [0.05, 0.1) is 11.0 Å². The van der Waals surface area contributed by atoms with Gasteiger partial charge in [0.25, 0.3) is 0 Å². The molecule has 0 unspecified atom stereocenters. The zero-order valence-electron chi connectivity index (χ0n) is 26.0. The van der Waals surface area contributed by atoms with E-state index in [-0.39, 0.29) is 5.41 Å². The number of hydrogen-bond acceptors (Lipinski definition) is 0. The van der Waals surface area contributed by atoms with Crippen molar-refractivity contribution >= 4 is 21.8 Å². The SMILES string of the molecule is CC1(C)c2ccccc2-c2cc3c(cc21)c1ccccc1n3-c1cc(-c2ccccc2)cc(-c2ccc(-c3ccccc3)cc2)c1. The van der Waals surface area contributed by atoms with Crippen LogP contribution in [0.2, 0.25) is 0 Å². The number of fused-ring (bicyclic) bond motifs is 6. The third kappa shape index (κ3) is 4.09. The normalized spacial score (nSPS) is 13.2. The van der Waals surface area contributed by atoms with Gasteiger partial charge in [-0.1, -0.05) is 141 Å². The molecule has 1 heteroatoms. The fraction of sp³-hybridized carbons (Fsp3) is 0.0667. The van der Waals surface area contributed by atoms with E-state index < -0.39 is 0 Å². The van der Waals surface area contributed by atoms with Crippen LogP contribution in [0, 0.1) is 0 Å². The van der Waals surface area contributed by atoms with Gasteiger partial charge < -0.3 is 4.57 Å². The molecule has 1 aliphatic carbocycles. The zero-order valence-corrected chi connectivity index (χ0v) is 26.0. The van der Waals surface area contributed by atoms with E-state index in [9.17, 15) is 0 Å². The predicted octanol–water partition coefficient (Wildman–Crippen LogP) is 12.1. The molecular weight excluding hydrogens is 555 g/mol. The molecular formula is C45H33N. The summed E-state index contributed by atoms with van der Waals surface area (Å²) in [5.74, 6) is 0. The summed E-state index contributed by atoms with van der Waals surface area (Å²) in [5.41, 5.74) is 16.4. The van der Waals surface area contributed by atoms with Crippen LogP contribution in [0.15, 0.2) is 164 Å². The number of para-hydroxylation sites is 1. The lowest BCUT2D eigenvalue weighted by Gasteiger charge is -2.21. The summed E-state index contributed by atoms with van der Waals surface area (Å²) in [5, 5.41) is 2.58. The number of nitrogens with zero attached hydrogens (tertiary/aromatic N) is 1. The first-order chi connectivity index (χ1) is 22.6. The molecule has 7 aromatic carbocycles. The van der Waals surface area contributed by atoms with E-state index in [0.717, 1.165) is 0 Å². The Morgan fingerprint density at radius 3 is 1.61 bits per heavy atom. The Bertz CT molecular complexity index is 2410. The van der Waals surface area contributed by atoms with Crippen molar-refractivity contribution in [1.82, 2.24) is 4.57 Å². The van der Waals surface area contributed by atoms with Gasteiger partial charge in [-0.3, -0.25) is 0 Å². The van der Waals surface area contributed by atoms with Crippen LogP contribution in [0.1, 0.15) is 25.0 Å². The molecule has 0 spiro atoms. The molecule has 1 aromatic heterocycles. The van der Waals surface area contributed by atoms with Crippen LogP contribution in [-0.4, -0.2) is 4.57 Å². The number of rotatable bonds is 4. The average molecular weight is 588 g/mol. The van der Waals surface area contributed by atoms with Gasteiger partial charge in [0.2, 0.25) is 0 Å². The van der Waals surface area contributed by atoms with Crippen molar-refractivity contribution in [3.05, 3.63) is 175 Å². The molecule has 9 rings (SSSR count). The van der Waals surface area contributed by atoms with Gasteiger partial charge in [0.15, 0.2) is 0 Å². The third-order valence-electron chi connectivity index (χ3n) is 9.98. The minimum Gasteiger partial charge on any atom is -0.309 e. The van der Waals surface area contributed by atoms with Crippen LogP contribution in [0.25, 0.3) is 72.0 Å². The van der Waals surface area contributed by atoms with Gasteiger partial charge in [0, 0.05) is 21.9 Å². The molecule has 0 saturated carbocycles. The second-order valence-corrected chi connectivity index (χ2v) is 13.0. The second-order valence-electron chi connectivity index (χ2n) is 13.0. The van der Waals surface area contributed by atoms with E-state index in [1.54, 1.807) is 0 Å². The maximum Gasteiger partial charge on any atom is 0.0547 e. The summed E-state index contributed by atoms with van der Waals surface area (Å²) in [6.07, 6.45) is 0. The Hall–Kier alpha value is -5.66. The molecule has 0 bridgehead atoms. The maximum atomic E-state index is 2.48. The summed E-state index contributed by atoms with van der Waals surface area (Å²) >= 11 is 0. The molecule has 0 aliphatic heterocycles. The van der Waals surface area contributed by atoms with Gasteiger partial charge in [-0.15, -0.1) is 0 Å². The topological polar surface area (TPSA) is 4.93 Å². The quantitative estimate of drug-likeness (QED) is 0.193. The van der Waals surface area contributed by atoms with Crippen LogP contribution in [0.4, 0.5) is 0 Å². The largest absolute Gasteiger partial charge is 0.309 e. The van der Waals surface area contributed by atoms with Crippen LogP contribution in [0.5, 0.6) is 0 Å². The zero-order chi connectivity index (χ0) is 30.8. The molecule has 0 fully saturated rings. The summed E-state index contributed by atoms with van der Waals surface area (Å²) in [4.78, 5) is 0. The molecule has 218 valence electrons. The van der Waals surface area contributed by atoms with Crippen molar-refractivity contribution in [3.8, 4) is 50.2 Å². The summed E-state index contributed by atoms with van der Waals surface area (Å²) in [6, 6.07) is 60.1. The fourth-order valence-electron chi connectivity index (χ4n) is 7.63. The summed E-state index contributed by atoms with van der Waals surface area (Å²) in [6.45, 7) is 4.72. The molecule has 1 aliphatic rings. The van der Waals surface area contributed by atoms with Crippen molar-refractivity contribution in [1.29, 1.82) is 0 Å². The van der Waals surface area contributed by atoms with Gasteiger partial charge >= 0.3 is 0 Å². The molecule has 46 heavy (non-hydrogen) atoms. The first kappa shape index (κ1) is 26.7. The van der Waals surface area contributed by atoms with E-state index >= 15 is 0 Å². The molecule has 0 atom stereocenters. The Kier molecular flexibility index (Phi) is 5.92. The van der Waals surface area contributed by atoms with E-state index in [1.165, 1.54) is 83.1 Å². The van der Waals surface area contributed by atoms with Gasteiger partial charge in [-0.2, -0.15) is 0 Å². The van der Waals surface area contributed by atoms with Crippen LogP contribution in [0.3, 0.4) is 0 Å². The van der Waals surface area contributed by atoms with Crippen molar-refractivity contribution in [2.24, 2.45) is 0 Å². The van der Waals surface area contributed by atoms with Crippen molar-refractivity contribution < 1.29 is 0 Å². The molecule has 1 nitrogen and oxygen atoms in total. The summed E-state index contributed by atoms with van der Waals surface area (Å²) in [7, 11) is 0. The minimum absolute atomic E-state index is 0.0460. The maximum absolute atomic E-state index is 2.48. The Balaban J connectivity index is 1.30. The molecule has 0 saturated heterocycles. The lowest BCUT2D eigenvalue weighted by Crippen LogP contribution is -2.14. The first-order valence-corrected chi connectivity index (χ1v) is 16.1. The smallest absolute Gasteiger partial charge is 0.0547 e. The minimum atomic E-state index is -0.0460. The lowest BCUT2D eigenvalue weighted by molar-refractivity contribution is 0.661. The number of aromatic nitrogens is 1. The monoisotopic (exact) mass is 587 g/mol. The van der Waals surface area contributed by atoms with Gasteiger partial charge in [0.1, 0.15) is 0 Å². The van der Waals surface area contributed by atoms with E-state index in [0.29, 0.717) is 0 Å². The van der Waals surface area contributed by atoms with E-state index in [4.69, 9.17) is 0 Å².